The molecule has 0 radical (unpaired) electrons. The minimum Gasteiger partial charge on any atom is -0.497 e. The topological polar surface area (TPSA) is 84.8 Å². The molecular weight excluding hydrogens is 328 g/mol. The molecule has 0 bridgehead atoms. The summed E-state index contributed by atoms with van der Waals surface area (Å²) >= 11 is 0. The molecule has 1 fully saturated rings. The van der Waals surface area contributed by atoms with E-state index in [4.69, 9.17) is 4.74 Å². The van der Waals surface area contributed by atoms with Crippen LogP contribution in [-0.2, 0) is 14.6 Å². The van der Waals surface area contributed by atoms with Crippen LogP contribution in [-0.4, -0.2) is 39.2 Å². The van der Waals surface area contributed by atoms with Gasteiger partial charge in [-0.05, 0) is 41.0 Å². The van der Waals surface area contributed by atoms with Crippen molar-refractivity contribution in [1.29, 1.82) is 0 Å². The summed E-state index contributed by atoms with van der Waals surface area (Å²) in [6, 6.07) is 11.6. The van der Waals surface area contributed by atoms with E-state index in [1.807, 2.05) is 36.4 Å². The van der Waals surface area contributed by atoms with Gasteiger partial charge in [0.05, 0.1) is 30.7 Å². The molecule has 3 rings (SSSR count). The number of fused-ring (bicyclic) bond motifs is 1. The lowest BCUT2D eigenvalue weighted by Gasteiger charge is -2.05. The van der Waals surface area contributed by atoms with E-state index in [1.54, 1.807) is 13.3 Å². The van der Waals surface area contributed by atoms with Crippen LogP contribution >= 0.6 is 0 Å². The van der Waals surface area contributed by atoms with Crippen molar-refractivity contribution in [2.75, 3.05) is 18.6 Å². The number of methoxy groups -OCH3 is 1. The largest absolute Gasteiger partial charge is 0.497 e. The van der Waals surface area contributed by atoms with Crippen molar-refractivity contribution >= 4 is 32.7 Å². The van der Waals surface area contributed by atoms with E-state index in [2.05, 4.69) is 10.5 Å². The Bertz CT molecular complexity index is 906. The summed E-state index contributed by atoms with van der Waals surface area (Å²) < 4.78 is 28.0. The lowest BCUT2D eigenvalue weighted by Crippen LogP contribution is -2.27. The third-order valence-electron chi connectivity index (χ3n) is 4.06. The van der Waals surface area contributed by atoms with Crippen LogP contribution in [0.4, 0.5) is 0 Å². The summed E-state index contributed by atoms with van der Waals surface area (Å²) in [5.74, 6) is -0.0773. The van der Waals surface area contributed by atoms with Gasteiger partial charge in [-0.3, -0.25) is 4.79 Å². The Morgan fingerprint density at radius 3 is 2.71 bits per heavy atom. The van der Waals surface area contributed by atoms with Crippen molar-refractivity contribution in [1.82, 2.24) is 5.43 Å². The smallest absolute Gasteiger partial charge is 0.244 e. The van der Waals surface area contributed by atoms with Crippen LogP contribution in [0.1, 0.15) is 12.0 Å². The molecule has 7 heteroatoms. The quantitative estimate of drug-likeness (QED) is 0.675. The van der Waals surface area contributed by atoms with E-state index in [0.29, 0.717) is 6.42 Å². The second-order valence-electron chi connectivity index (χ2n) is 5.81. The Labute approximate surface area is 140 Å². The average molecular weight is 346 g/mol. The van der Waals surface area contributed by atoms with Crippen molar-refractivity contribution in [3.8, 4) is 5.75 Å². The predicted octanol–water partition coefficient (Wildman–Crippen LogP) is 1.73. The van der Waals surface area contributed by atoms with Crippen LogP contribution in [0.25, 0.3) is 10.8 Å². The predicted molar refractivity (Wildman–Crippen MR) is 93.0 cm³/mol. The standard InChI is InChI=1S/C17H18N2O4S/c1-23-16-5-4-13-8-12(2-3-14(13)9-16)10-18-19-17(20)15-6-7-24(21,22)11-15/h2-5,8-10,15H,6-7,11H2,1H3,(H,19,20)/b18-10-/t15-/m1/s1. The molecule has 1 aliphatic heterocycles. The summed E-state index contributed by atoms with van der Waals surface area (Å²) in [5.41, 5.74) is 3.26. The molecule has 0 saturated carbocycles. The van der Waals surface area contributed by atoms with E-state index < -0.39 is 15.8 Å². The molecule has 2 aromatic rings. The minimum absolute atomic E-state index is 0.0724. The minimum atomic E-state index is -3.07. The van der Waals surface area contributed by atoms with Crippen molar-refractivity contribution < 1.29 is 17.9 Å². The van der Waals surface area contributed by atoms with Crippen LogP contribution in [0, 0.1) is 5.92 Å². The van der Waals surface area contributed by atoms with Crippen molar-refractivity contribution in [3.05, 3.63) is 42.0 Å². The summed E-state index contributed by atoms with van der Waals surface area (Å²) in [7, 11) is -1.45. The number of rotatable bonds is 4. The van der Waals surface area contributed by atoms with Gasteiger partial charge in [0.15, 0.2) is 9.84 Å². The molecule has 1 saturated heterocycles. The van der Waals surface area contributed by atoms with Gasteiger partial charge in [0, 0.05) is 0 Å². The fourth-order valence-corrected chi connectivity index (χ4v) is 4.45. The first-order valence-corrected chi connectivity index (χ1v) is 9.40. The maximum absolute atomic E-state index is 11.9. The number of ether oxygens (including phenoxy) is 1. The second kappa shape index (κ2) is 6.60. The molecule has 1 aliphatic rings. The summed E-state index contributed by atoms with van der Waals surface area (Å²) in [6.45, 7) is 0. The number of hydrazone groups is 1. The van der Waals surface area contributed by atoms with Gasteiger partial charge < -0.3 is 4.74 Å². The van der Waals surface area contributed by atoms with Crippen molar-refractivity contribution in [2.24, 2.45) is 11.0 Å². The molecule has 0 aliphatic carbocycles. The number of nitrogens with one attached hydrogen (secondary N) is 1. The van der Waals surface area contributed by atoms with Gasteiger partial charge in [0.25, 0.3) is 0 Å². The van der Waals surface area contributed by atoms with E-state index >= 15 is 0 Å². The number of benzene rings is 2. The Kier molecular flexibility index (Phi) is 4.53. The molecule has 0 aromatic heterocycles. The Morgan fingerprint density at radius 2 is 2.00 bits per heavy atom. The molecule has 2 aromatic carbocycles. The van der Waals surface area contributed by atoms with Crippen LogP contribution in [0.15, 0.2) is 41.5 Å². The second-order valence-corrected chi connectivity index (χ2v) is 8.04. The van der Waals surface area contributed by atoms with Gasteiger partial charge in [-0.2, -0.15) is 5.10 Å². The number of carbonyl (C=O) groups excluding carboxylic acids is 1. The van der Waals surface area contributed by atoms with Gasteiger partial charge in [-0.25, -0.2) is 13.8 Å². The van der Waals surface area contributed by atoms with E-state index in [-0.39, 0.29) is 17.4 Å². The fraction of sp³-hybridized carbons (Fsp3) is 0.294. The Morgan fingerprint density at radius 1 is 1.25 bits per heavy atom. The molecule has 1 heterocycles. The molecule has 0 spiro atoms. The molecule has 1 amide bonds. The number of hydrogen-bond acceptors (Lipinski definition) is 5. The monoisotopic (exact) mass is 346 g/mol. The number of sulfone groups is 1. The molecule has 0 unspecified atom stereocenters. The van der Waals surface area contributed by atoms with E-state index in [9.17, 15) is 13.2 Å². The molecule has 126 valence electrons. The summed E-state index contributed by atoms with van der Waals surface area (Å²) in [6.07, 6.45) is 1.91. The lowest BCUT2D eigenvalue weighted by molar-refractivity contribution is -0.124. The van der Waals surface area contributed by atoms with E-state index in [1.165, 1.54) is 0 Å². The zero-order chi connectivity index (χ0) is 17.2. The highest BCUT2D eigenvalue weighted by atomic mass is 32.2. The van der Waals surface area contributed by atoms with Gasteiger partial charge in [-0.1, -0.05) is 18.2 Å². The van der Waals surface area contributed by atoms with Crippen molar-refractivity contribution in [2.45, 2.75) is 6.42 Å². The first kappa shape index (κ1) is 16.4. The zero-order valence-electron chi connectivity index (χ0n) is 13.2. The highest BCUT2D eigenvalue weighted by Gasteiger charge is 2.32. The van der Waals surface area contributed by atoms with Crippen LogP contribution in [0.5, 0.6) is 5.75 Å². The molecule has 6 nitrogen and oxygen atoms in total. The summed E-state index contributed by atoms with van der Waals surface area (Å²) in [5, 5.41) is 6.01. The van der Waals surface area contributed by atoms with Gasteiger partial charge in [-0.15, -0.1) is 0 Å². The van der Waals surface area contributed by atoms with Crippen molar-refractivity contribution in [3.63, 3.8) is 0 Å². The number of amides is 1. The zero-order valence-corrected chi connectivity index (χ0v) is 14.0. The molecule has 1 atom stereocenters. The number of nitrogens with zero attached hydrogens (tertiary/aromatic N) is 1. The number of hydrogen-bond donors (Lipinski definition) is 1. The Balaban J connectivity index is 1.66. The van der Waals surface area contributed by atoms with E-state index in [0.717, 1.165) is 22.1 Å². The SMILES string of the molecule is COc1ccc2cc(/C=N\NC(=O)[C@@H]3CCS(=O)(=O)C3)ccc2c1. The molecule has 1 N–H and O–H groups in total. The number of carbonyl (C=O) groups is 1. The fourth-order valence-electron chi connectivity index (χ4n) is 2.71. The third-order valence-corrected chi connectivity index (χ3v) is 5.83. The lowest BCUT2D eigenvalue weighted by atomic mass is 10.1. The average Bonchev–Trinajstić information content (AvgIpc) is 2.94. The highest BCUT2D eigenvalue weighted by molar-refractivity contribution is 7.91. The van der Waals surface area contributed by atoms with Gasteiger partial charge in [0.2, 0.25) is 5.91 Å². The highest BCUT2D eigenvalue weighted by Crippen LogP contribution is 2.21. The van der Waals surface area contributed by atoms with Crippen LogP contribution < -0.4 is 10.2 Å². The van der Waals surface area contributed by atoms with Gasteiger partial charge in [0.1, 0.15) is 5.75 Å². The first-order valence-electron chi connectivity index (χ1n) is 7.58. The molecule has 24 heavy (non-hydrogen) atoms. The van der Waals surface area contributed by atoms with Gasteiger partial charge >= 0.3 is 0 Å². The maximum atomic E-state index is 11.9. The normalized spacial score (nSPS) is 19.6. The van der Waals surface area contributed by atoms with Crippen LogP contribution in [0.2, 0.25) is 0 Å². The first-order chi connectivity index (χ1) is 11.5. The maximum Gasteiger partial charge on any atom is 0.244 e. The summed E-state index contributed by atoms with van der Waals surface area (Å²) in [4.78, 5) is 11.9. The van der Waals surface area contributed by atoms with Crippen LogP contribution in [0.3, 0.4) is 0 Å². The molecular formula is C17H18N2O4S. The third kappa shape index (κ3) is 3.73. The Hall–Kier alpha value is -2.41.